The molecule has 0 aromatic rings. The summed E-state index contributed by atoms with van der Waals surface area (Å²) in [6, 6.07) is 0. The van der Waals surface area contributed by atoms with Gasteiger partial charge >= 0.3 is 0 Å². The molecule has 0 bridgehead atoms. The second-order valence-electron chi connectivity index (χ2n) is 4.90. The smallest absolute Gasteiger partial charge is 0.245 e. The summed E-state index contributed by atoms with van der Waals surface area (Å²) in [6.45, 7) is 7.73. The fourth-order valence-corrected chi connectivity index (χ4v) is 3.04. The van der Waals surface area contributed by atoms with Gasteiger partial charge in [0.1, 0.15) is 0 Å². The van der Waals surface area contributed by atoms with Gasteiger partial charge in [0.25, 0.3) is 0 Å². The van der Waals surface area contributed by atoms with Crippen LogP contribution in [0.2, 0.25) is 0 Å². The Kier molecular flexibility index (Phi) is 2.38. The van der Waals surface area contributed by atoms with Crippen molar-refractivity contribution in [2.45, 2.75) is 32.6 Å². The summed E-state index contributed by atoms with van der Waals surface area (Å²) in [5.41, 5.74) is 0.499. The highest BCUT2D eigenvalue weighted by Crippen LogP contribution is 2.52. The first-order valence-corrected chi connectivity index (χ1v) is 5.60. The Morgan fingerprint density at radius 3 is 2.93 bits per heavy atom. The Labute approximate surface area is 86.0 Å². The lowest BCUT2D eigenvalue weighted by Gasteiger charge is -2.45. The minimum atomic E-state index is 0.113. The summed E-state index contributed by atoms with van der Waals surface area (Å²) in [6.07, 6.45) is 6.63. The highest BCUT2D eigenvalue weighted by Gasteiger charge is 2.48. The molecule has 2 rings (SSSR count). The number of hydrogen-bond donors (Lipinski definition) is 0. The summed E-state index contributed by atoms with van der Waals surface area (Å²) in [5.74, 6) is 1.04. The summed E-state index contributed by atoms with van der Waals surface area (Å²) in [7, 11) is 0. The van der Waals surface area contributed by atoms with E-state index in [9.17, 15) is 4.79 Å². The van der Waals surface area contributed by atoms with E-state index in [4.69, 9.17) is 0 Å². The van der Waals surface area contributed by atoms with Crippen LogP contribution in [-0.2, 0) is 4.79 Å². The van der Waals surface area contributed by atoms with E-state index < -0.39 is 0 Å². The summed E-state index contributed by atoms with van der Waals surface area (Å²) >= 11 is 0. The zero-order valence-corrected chi connectivity index (χ0v) is 8.96. The molecule has 1 saturated heterocycles. The van der Waals surface area contributed by atoms with E-state index >= 15 is 0 Å². The zero-order chi connectivity index (χ0) is 10.2. The molecule has 0 unspecified atom stereocenters. The van der Waals surface area contributed by atoms with Crippen LogP contribution in [0.25, 0.3) is 0 Å². The molecule has 0 aromatic heterocycles. The van der Waals surface area contributed by atoms with Crippen LogP contribution in [0.5, 0.6) is 0 Å². The lowest BCUT2D eigenvalue weighted by Crippen LogP contribution is -2.40. The van der Waals surface area contributed by atoms with Crippen molar-refractivity contribution in [1.29, 1.82) is 0 Å². The first-order valence-electron chi connectivity index (χ1n) is 5.60. The fraction of sp³-hybridized carbons (Fsp3) is 0.750. The average molecular weight is 193 g/mol. The van der Waals surface area contributed by atoms with Crippen LogP contribution in [0.1, 0.15) is 32.6 Å². The highest BCUT2D eigenvalue weighted by molar-refractivity contribution is 5.87. The number of hydrogen-bond acceptors (Lipinski definition) is 1. The van der Waals surface area contributed by atoms with Gasteiger partial charge in [-0.25, -0.2) is 0 Å². The summed E-state index contributed by atoms with van der Waals surface area (Å²) in [4.78, 5) is 13.4. The Bertz CT molecular complexity index is 253. The molecule has 0 atom stereocenters. The quantitative estimate of drug-likeness (QED) is 0.616. The molecule has 2 nitrogen and oxygen atoms in total. The molecule has 2 heteroatoms. The van der Waals surface area contributed by atoms with Crippen LogP contribution < -0.4 is 0 Å². The maximum Gasteiger partial charge on any atom is 0.245 e. The van der Waals surface area contributed by atoms with Gasteiger partial charge in [0.2, 0.25) is 5.91 Å². The predicted molar refractivity (Wildman–Crippen MR) is 56.8 cm³/mol. The molecule has 2 fully saturated rings. The van der Waals surface area contributed by atoms with E-state index in [1.54, 1.807) is 0 Å². The fourth-order valence-electron chi connectivity index (χ4n) is 3.04. The third-order valence-corrected chi connectivity index (χ3v) is 3.95. The Morgan fingerprint density at radius 2 is 2.36 bits per heavy atom. The number of rotatable bonds is 2. The van der Waals surface area contributed by atoms with Gasteiger partial charge in [-0.05, 0) is 36.7 Å². The molecule has 1 heterocycles. The van der Waals surface area contributed by atoms with Crippen molar-refractivity contribution in [2.24, 2.45) is 11.3 Å². The molecular weight excluding hydrogens is 174 g/mol. The minimum absolute atomic E-state index is 0.113. The molecule has 0 aromatic carbocycles. The second-order valence-corrected chi connectivity index (χ2v) is 4.90. The van der Waals surface area contributed by atoms with Gasteiger partial charge in [-0.15, -0.1) is 0 Å². The molecule has 78 valence electrons. The molecular formula is C12H19NO. The van der Waals surface area contributed by atoms with E-state index in [0.29, 0.717) is 5.41 Å². The number of amides is 1. The van der Waals surface area contributed by atoms with Gasteiger partial charge in [0.05, 0.1) is 0 Å². The monoisotopic (exact) mass is 193 g/mol. The Hall–Kier alpha value is -0.790. The van der Waals surface area contributed by atoms with Crippen molar-refractivity contribution in [3.8, 4) is 0 Å². The molecule has 1 aliphatic heterocycles. The van der Waals surface area contributed by atoms with Crippen molar-refractivity contribution in [1.82, 2.24) is 4.90 Å². The largest absolute Gasteiger partial charge is 0.339 e. The Balaban J connectivity index is 1.90. The normalized spacial score (nSPS) is 35.8. The summed E-state index contributed by atoms with van der Waals surface area (Å²) in [5, 5.41) is 0. The molecule has 2 aliphatic rings. The summed E-state index contributed by atoms with van der Waals surface area (Å²) < 4.78 is 0. The number of carbonyl (C=O) groups excluding carboxylic acids is 1. The van der Waals surface area contributed by atoms with Crippen molar-refractivity contribution < 1.29 is 4.79 Å². The zero-order valence-electron chi connectivity index (χ0n) is 8.96. The average Bonchev–Trinajstić information content (AvgIpc) is 2.58. The van der Waals surface area contributed by atoms with Crippen LogP contribution >= 0.6 is 0 Å². The molecule has 1 amide bonds. The van der Waals surface area contributed by atoms with Crippen LogP contribution in [0, 0.1) is 11.3 Å². The number of carbonyl (C=O) groups is 1. The van der Waals surface area contributed by atoms with Crippen LogP contribution in [0.3, 0.4) is 0 Å². The van der Waals surface area contributed by atoms with E-state index in [0.717, 1.165) is 19.0 Å². The molecule has 1 saturated carbocycles. The lowest BCUT2D eigenvalue weighted by atomic mass is 9.61. The van der Waals surface area contributed by atoms with Gasteiger partial charge < -0.3 is 4.90 Å². The van der Waals surface area contributed by atoms with E-state index in [2.05, 4.69) is 13.5 Å². The first-order chi connectivity index (χ1) is 6.69. The topological polar surface area (TPSA) is 20.3 Å². The van der Waals surface area contributed by atoms with Gasteiger partial charge in [-0.1, -0.05) is 19.9 Å². The van der Waals surface area contributed by atoms with Crippen molar-refractivity contribution in [2.75, 3.05) is 13.1 Å². The highest BCUT2D eigenvalue weighted by atomic mass is 16.2. The predicted octanol–water partition coefficient (Wildman–Crippen LogP) is 2.21. The van der Waals surface area contributed by atoms with Gasteiger partial charge in [0.15, 0.2) is 0 Å². The number of likely N-dealkylation sites (tertiary alicyclic amines) is 1. The van der Waals surface area contributed by atoms with Gasteiger partial charge in [0, 0.05) is 13.1 Å². The molecule has 0 radical (unpaired) electrons. The van der Waals surface area contributed by atoms with Gasteiger partial charge in [-0.2, -0.15) is 0 Å². The maximum absolute atomic E-state index is 11.4. The van der Waals surface area contributed by atoms with Crippen LogP contribution in [0.4, 0.5) is 0 Å². The van der Waals surface area contributed by atoms with Crippen LogP contribution in [0.15, 0.2) is 12.7 Å². The molecule has 0 N–H and O–H groups in total. The van der Waals surface area contributed by atoms with E-state index in [1.807, 2.05) is 4.90 Å². The minimum Gasteiger partial charge on any atom is -0.339 e. The molecule has 1 spiro atoms. The van der Waals surface area contributed by atoms with E-state index in [1.165, 1.54) is 31.8 Å². The Morgan fingerprint density at radius 1 is 1.64 bits per heavy atom. The molecule has 1 aliphatic carbocycles. The third kappa shape index (κ3) is 1.47. The SMILES string of the molecule is C=CC(=O)N1CCC2(CC(CC)C2)C1. The van der Waals surface area contributed by atoms with Crippen LogP contribution in [-0.4, -0.2) is 23.9 Å². The lowest BCUT2D eigenvalue weighted by molar-refractivity contribution is -0.125. The molecule has 14 heavy (non-hydrogen) atoms. The first kappa shape index (κ1) is 9.75. The maximum atomic E-state index is 11.4. The third-order valence-electron chi connectivity index (χ3n) is 3.95. The van der Waals surface area contributed by atoms with E-state index in [-0.39, 0.29) is 5.91 Å². The van der Waals surface area contributed by atoms with Crippen molar-refractivity contribution in [3.63, 3.8) is 0 Å². The van der Waals surface area contributed by atoms with Gasteiger partial charge in [-0.3, -0.25) is 4.79 Å². The number of nitrogens with zero attached hydrogens (tertiary/aromatic N) is 1. The second kappa shape index (κ2) is 3.41. The van der Waals surface area contributed by atoms with Crippen molar-refractivity contribution >= 4 is 5.91 Å². The van der Waals surface area contributed by atoms with Crippen molar-refractivity contribution in [3.05, 3.63) is 12.7 Å². The standard InChI is InChI=1S/C12H19NO/c1-3-10-7-12(8-10)5-6-13(9-12)11(14)4-2/h4,10H,2-3,5-9H2,1H3.